The predicted octanol–water partition coefficient (Wildman–Crippen LogP) is 1.28. The van der Waals surface area contributed by atoms with Gasteiger partial charge in [-0.05, 0) is 16.9 Å². The molecule has 76 valence electrons. The summed E-state index contributed by atoms with van der Waals surface area (Å²) in [4.78, 5) is 11.4. The fourth-order valence-corrected chi connectivity index (χ4v) is 1.40. The molecule has 0 spiro atoms. The Bertz CT molecular complexity index is 537. The minimum atomic E-state index is -0.411. The van der Waals surface area contributed by atoms with Gasteiger partial charge in [0.2, 0.25) is 5.69 Å². The van der Waals surface area contributed by atoms with Gasteiger partial charge in [0.15, 0.2) is 0 Å². The fraction of sp³-hybridized carbons (Fsp3) is 0.0909. The summed E-state index contributed by atoms with van der Waals surface area (Å²) >= 11 is 0. The van der Waals surface area contributed by atoms with Crippen LogP contribution in [0.2, 0.25) is 0 Å². The largest absolute Gasteiger partial charge is 0.435 e. The highest BCUT2D eigenvalue weighted by molar-refractivity contribution is 5.54. The van der Waals surface area contributed by atoms with Crippen LogP contribution < -0.4 is 10.3 Å². The molecule has 0 atom stereocenters. The average molecular weight is 203 g/mol. The van der Waals surface area contributed by atoms with Crippen LogP contribution in [0.1, 0.15) is 12.6 Å². The van der Waals surface area contributed by atoms with E-state index >= 15 is 0 Å². The highest BCUT2D eigenvalue weighted by atomic mass is 16.5. The molecule has 15 heavy (non-hydrogen) atoms. The number of para-hydroxylation sites is 1. The second-order valence-corrected chi connectivity index (χ2v) is 3.28. The van der Waals surface area contributed by atoms with Gasteiger partial charge in [-0.1, -0.05) is 24.8 Å². The van der Waals surface area contributed by atoms with Crippen LogP contribution in [-0.4, -0.2) is 5.27 Å². The van der Waals surface area contributed by atoms with E-state index in [1.165, 1.54) is 0 Å². The molecule has 2 aromatic rings. The summed E-state index contributed by atoms with van der Waals surface area (Å²) in [6.07, 6.45) is 0. The van der Waals surface area contributed by atoms with Crippen LogP contribution in [0.15, 0.2) is 46.2 Å². The third-order valence-corrected chi connectivity index (χ3v) is 2.07. The second-order valence-electron chi connectivity index (χ2n) is 3.28. The maximum absolute atomic E-state index is 11.4. The van der Waals surface area contributed by atoms with Crippen molar-refractivity contribution < 1.29 is 9.20 Å². The summed E-state index contributed by atoms with van der Waals surface area (Å²) in [6.45, 7) is 5.51. The third-order valence-electron chi connectivity index (χ3n) is 2.07. The Hall–Kier alpha value is -2.10. The summed E-state index contributed by atoms with van der Waals surface area (Å²) in [6, 6.07) is 9.42. The maximum atomic E-state index is 11.4. The lowest BCUT2D eigenvalue weighted by molar-refractivity contribution is -0.672. The quantitative estimate of drug-likeness (QED) is 0.747. The number of nitrogens with zero attached hydrogens (tertiary/aromatic N) is 1. The van der Waals surface area contributed by atoms with Gasteiger partial charge in [0.25, 0.3) is 0 Å². The van der Waals surface area contributed by atoms with Crippen LogP contribution in [0, 0.1) is 0 Å². The highest BCUT2D eigenvalue weighted by Gasteiger charge is 2.23. The van der Waals surface area contributed by atoms with Crippen LogP contribution in [0.25, 0.3) is 11.3 Å². The Morgan fingerprint density at radius 2 is 2.07 bits per heavy atom. The minimum absolute atomic E-state index is 0.411. The number of rotatable bonds is 2. The van der Waals surface area contributed by atoms with Crippen LogP contribution >= 0.6 is 0 Å². The number of nitrogens with one attached hydrogen (secondary N) is 1. The van der Waals surface area contributed by atoms with Crippen molar-refractivity contribution in [3.05, 3.63) is 53.0 Å². The van der Waals surface area contributed by atoms with E-state index in [2.05, 4.69) is 11.9 Å². The van der Waals surface area contributed by atoms with Crippen molar-refractivity contribution in [2.45, 2.75) is 6.92 Å². The van der Waals surface area contributed by atoms with Gasteiger partial charge in [-0.25, -0.2) is 4.79 Å². The van der Waals surface area contributed by atoms with Gasteiger partial charge in [0.05, 0.1) is 0 Å². The molecule has 0 saturated heterocycles. The summed E-state index contributed by atoms with van der Waals surface area (Å²) in [5, 5.41) is 2.54. The summed E-state index contributed by atoms with van der Waals surface area (Å²) in [5.41, 5.74) is 1.52. The summed E-state index contributed by atoms with van der Waals surface area (Å²) in [5.74, 6) is 0. The summed E-state index contributed by atoms with van der Waals surface area (Å²) < 4.78 is 6.31. The smallest absolute Gasteiger partial charge is 0.282 e. The van der Waals surface area contributed by atoms with Gasteiger partial charge in [-0.2, -0.15) is 0 Å². The number of allylic oxidation sites excluding steroid dienone is 1. The number of H-pyrrole nitrogens is 1. The molecule has 0 aliphatic carbocycles. The fourth-order valence-electron chi connectivity index (χ4n) is 1.40. The molecule has 0 aliphatic rings. The Balaban J connectivity index is 2.65. The topological polar surface area (TPSA) is 49.9 Å². The van der Waals surface area contributed by atoms with E-state index in [0.29, 0.717) is 11.3 Å². The van der Waals surface area contributed by atoms with Crippen molar-refractivity contribution in [2.75, 3.05) is 0 Å². The molecular formula is C11H11N2O2+. The normalized spacial score (nSPS) is 10.2. The van der Waals surface area contributed by atoms with Gasteiger partial charge in [0, 0.05) is 17.7 Å². The predicted molar refractivity (Wildman–Crippen MR) is 55.6 cm³/mol. The van der Waals surface area contributed by atoms with Crippen LogP contribution in [-0.2, 0) is 0 Å². The Labute approximate surface area is 86.4 Å². The zero-order chi connectivity index (χ0) is 10.8. The number of benzene rings is 1. The van der Waals surface area contributed by atoms with E-state index in [9.17, 15) is 4.79 Å². The van der Waals surface area contributed by atoms with E-state index in [-0.39, 0.29) is 0 Å². The van der Waals surface area contributed by atoms with Gasteiger partial charge in [0.1, 0.15) is 0 Å². The van der Waals surface area contributed by atoms with Crippen molar-refractivity contribution in [1.82, 2.24) is 5.27 Å². The number of aromatic nitrogens is 2. The van der Waals surface area contributed by atoms with Gasteiger partial charge < -0.3 is 0 Å². The van der Waals surface area contributed by atoms with E-state index < -0.39 is 5.63 Å². The van der Waals surface area contributed by atoms with Crippen molar-refractivity contribution in [1.29, 1.82) is 0 Å². The van der Waals surface area contributed by atoms with Gasteiger partial charge >= 0.3 is 11.3 Å². The van der Waals surface area contributed by atoms with Crippen molar-refractivity contribution in [2.24, 2.45) is 0 Å². The molecule has 0 saturated carbocycles. The van der Waals surface area contributed by atoms with Crippen molar-refractivity contribution in [3.8, 4) is 5.69 Å². The second kappa shape index (κ2) is 3.57. The summed E-state index contributed by atoms with van der Waals surface area (Å²) in [7, 11) is 0. The Kier molecular flexibility index (Phi) is 2.25. The monoisotopic (exact) mass is 203 g/mol. The number of aromatic amines is 1. The minimum Gasteiger partial charge on any atom is -0.282 e. The Morgan fingerprint density at radius 3 is 2.67 bits per heavy atom. The molecule has 1 N–H and O–H groups in total. The molecule has 0 aliphatic heterocycles. The molecule has 4 nitrogen and oxygen atoms in total. The van der Waals surface area contributed by atoms with Crippen LogP contribution in [0.5, 0.6) is 0 Å². The van der Waals surface area contributed by atoms with E-state index in [1.54, 1.807) is 11.6 Å². The first-order chi connectivity index (χ1) is 7.20. The van der Waals surface area contributed by atoms with Crippen molar-refractivity contribution in [3.63, 3.8) is 0 Å². The lowest BCUT2D eigenvalue weighted by Crippen LogP contribution is -2.37. The molecular weight excluding hydrogens is 192 g/mol. The van der Waals surface area contributed by atoms with Crippen LogP contribution in [0.3, 0.4) is 0 Å². The molecule has 1 heterocycles. The molecule has 0 amide bonds. The molecule has 0 fully saturated rings. The molecule has 0 unspecified atom stereocenters. The van der Waals surface area contributed by atoms with E-state index in [0.717, 1.165) is 5.69 Å². The molecule has 4 heteroatoms. The lowest BCUT2D eigenvalue weighted by atomic mass is 10.2. The SMILES string of the molecule is C=C(C)c1c(=O)o[nH][n+]1-c1ccccc1. The molecule has 0 bridgehead atoms. The first kappa shape index (κ1) is 9.45. The van der Waals surface area contributed by atoms with Gasteiger partial charge in [-0.15, -0.1) is 0 Å². The van der Waals surface area contributed by atoms with Crippen LogP contribution in [0.4, 0.5) is 0 Å². The standard InChI is InChI=1S/C11H10N2O2/c1-8(2)10-11(14)15-12-13(10)9-6-4-3-5-7-9/h3-7H,1H2,2H3/p+1. The number of hydrogen-bond donors (Lipinski definition) is 1. The molecule has 2 rings (SSSR count). The zero-order valence-corrected chi connectivity index (χ0v) is 8.36. The van der Waals surface area contributed by atoms with E-state index in [1.807, 2.05) is 30.3 Å². The first-order valence-corrected chi connectivity index (χ1v) is 4.55. The third kappa shape index (κ3) is 1.61. The zero-order valence-electron chi connectivity index (χ0n) is 8.36. The first-order valence-electron chi connectivity index (χ1n) is 4.55. The van der Waals surface area contributed by atoms with E-state index in [4.69, 9.17) is 4.52 Å². The number of hydrogen-bond acceptors (Lipinski definition) is 2. The Morgan fingerprint density at radius 1 is 1.40 bits per heavy atom. The lowest BCUT2D eigenvalue weighted by Gasteiger charge is -1.91. The highest BCUT2D eigenvalue weighted by Crippen LogP contribution is 2.03. The van der Waals surface area contributed by atoms with Gasteiger partial charge in [-0.3, -0.25) is 4.52 Å². The molecule has 0 radical (unpaired) electrons. The average Bonchev–Trinajstić information content (AvgIpc) is 2.61. The maximum Gasteiger partial charge on any atom is 0.435 e. The molecule has 1 aromatic carbocycles. The molecule has 1 aromatic heterocycles. The van der Waals surface area contributed by atoms with Crippen molar-refractivity contribution >= 4 is 5.57 Å².